The SMILES string of the molecule is O=C1NC[C@@H](c2sccc2Cl)N1. The maximum Gasteiger partial charge on any atom is 0.315 e. The molecule has 1 aromatic rings. The van der Waals surface area contributed by atoms with Gasteiger partial charge in [-0.3, -0.25) is 0 Å². The average molecular weight is 203 g/mol. The normalized spacial score (nSPS) is 22.1. The quantitative estimate of drug-likeness (QED) is 0.716. The minimum atomic E-state index is -0.121. The highest BCUT2D eigenvalue weighted by molar-refractivity contribution is 7.10. The number of halogens is 1. The van der Waals surface area contributed by atoms with Gasteiger partial charge in [0, 0.05) is 11.4 Å². The standard InChI is InChI=1S/C7H7ClN2OS/c8-4-1-2-12-6(4)5-3-9-7(11)10-5/h1-2,5H,3H2,(H2,9,10,11)/t5-/m0/s1. The van der Waals surface area contributed by atoms with Crippen molar-refractivity contribution in [3.63, 3.8) is 0 Å². The van der Waals surface area contributed by atoms with Gasteiger partial charge in [-0.25, -0.2) is 4.79 Å². The van der Waals surface area contributed by atoms with E-state index in [1.807, 2.05) is 11.4 Å². The molecule has 0 saturated carbocycles. The first-order valence-corrected chi connectivity index (χ1v) is 4.80. The van der Waals surface area contributed by atoms with Crippen LogP contribution in [0.3, 0.4) is 0 Å². The molecule has 1 aromatic heterocycles. The summed E-state index contributed by atoms with van der Waals surface area (Å²) >= 11 is 7.46. The van der Waals surface area contributed by atoms with Gasteiger partial charge in [0.1, 0.15) is 0 Å². The van der Waals surface area contributed by atoms with Crippen LogP contribution in [0.2, 0.25) is 5.02 Å². The number of hydrogen-bond acceptors (Lipinski definition) is 2. The molecule has 2 amide bonds. The number of carbonyl (C=O) groups is 1. The van der Waals surface area contributed by atoms with Crippen molar-refractivity contribution in [3.8, 4) is 0 Å². The van der Waals surface area contributed by atoms with Crippen molar-refractivity contribution in [1.82, 2.24) is 10.6 Å². The highest BCUT2D eigenvalue weighted by Crippen LogP contribution is 2.29. The number of thiophene rings is 1. The molecule has 12 heavy (non-hydrogen) atoms. The Labute approximate surface area is 78.7 Å². The van der Waals surface area contributed by atoms with Gasteiger partial charge in [0.25, 0.3) is 0 Å². The molecule has 5 heteroatoms. The largest absolute Gasteiger partial charge is 0.336 e. The van der Waals surface area contributed by atoms with E-state index >= 15 is 0 Å². The van der Waals surface area contributed by atoms with Gasteiger partial charge in [0.05, 0.1) is 11.1 Å². The van der Waals surface area contributed by atoms with Gasteiger partial charge in [-0.05, 0) is 11.4 Å². The fourth-order valence-electron chi connectivity index (χ4n) is 1.17. The molecule has 2 heterocycles. The van der Waals surface area contributed by atoms with E-state index in [1.54, 1.807) is 11.3 Å². The Morgan fingerprint density at radius 1 is 1.67 bits per heavy atom. The van der Waals surface area contributed by atoms with Gasteiger partial charge < -0.3 is 10.6 Å². The molecule has 0 bridgehead atoms. The second-order valence-corrected chi connectivity index (χ2v) is 3.89. The molecule has 0 radical (unpaired) electrons. The van der Waals surface area contributed by atoms with Gasteiger partial charge in [-0.1, -0.05) is 11.6 Å². The molecule has 2 rings (SSSR count). The lowest BCUT2D eigenvalue weighted by Gasteiger charge is -2.05. The molecule has 1 aliphatic heterocycles. The Hall–Kier alpha value is -0.740. The van der Waals surface area contributed by atoms with Crippen LogP contribution < -0.4 is 10.6 Å². The monoisotopic (exact) mass is 202 g/mol. The number of hydrogen-bond donors (Lipinski definition) is 2. The van der Waals surface area contributed by atoms with Gasteiger partial charge >= 0.3 is 6.03 Å². The molecule has 1 fully saturated rings. The molecule has 0 spiro atoms. The van der Waals surface area contributed by atoms with Gasteiger partial charge in [0.2, 0.25) is 0 Å². The summed E-state index contributed by atoms with van der Waals surface area (Å²) in [7, 11) is 0. The first-order chi connectivity index (χ1) is 5.77. The molecular formula is C7H7ClN2OS. The zero-order valence-electron chi connectivity index (χ0n) is 6.13. The zero-order valence-corrected chi connectivity index (χ0v) is 7.71. The molecule has 2 N–H and O–H groups in total. The average Bonchev–Trinajstić information content (AvgIpc) is 2.58. The summed E-state index contributed by atoms with van der Waals surface area (Å²) < 4.78 is 0. The number of carbonyl (C=O) groups excluding carboxylic acids is 1. The van der Waals surface area contributed by atoms with Gasteiger partial charge in [-0.2, -0.15) is 0 Å². The van der Waals surface area contributed by atoms with Crippen molar-refractivity contribution in [3.05, 3.63) is 21.3 Å². The Balaban J connectivity index is 2.21. The summed E-state index contributed by atoms with van der Waals surface area (Å²) in [5.74, 6) is 0. The Kier molecular flexibility index (Phi) is 1.94. The predicted molar refractivity (Wildman–Crippen MR) is 48.6 cm³/mol. The first kappa shape index (κ1) is 7.89. The zero-order chi connectivity index (χ0) is 8.55. The highest BCUT2D eigenvalue weighted by atomic mass is 35.5. The molecule has 1 aliphatic rings. The van der Waals surface area contributed by atoms with Crippen molar-refractivity contribution < 1.29 is 4.79 Å². The van der Waals surface area contributed by atoms with Gasteiger partial charge in [-0.15, -0.1) is 11.3 Å². The lowest BCUT2D eigenvalue weighted by Crippen LogP contribution is -2.21. The van der Waals surface area contributed by atoms with Crippen LogP contribution in [-0.4, -0.2) is 12.6 Å². The Morgan fingerprint density at radius 3 is 3.00 bits per heavy atom. The third-order valence-corrected chi connectivity index (χ3v) is 3.21. The third kappa shape index (κ3) is 1.28. The van der Waals surface area contributed by atoms with Crippen LogP contribution in [0, 0.1) is 0 Å². The molecule has 1 atom stereocenters. The first-order valence-electron chi connectivity index (χ1n) is 3.54. The van der Waals surface area contributed by atoms with Crippen molar-refractivity contribution in [1.29, 1.82) is 0 Å². The van der Waals surface area contributed by atoms with E-state index in [9.17, 15) is 4.79 Å². The third-order valence-electron chi connectivity index (χ3n) is 1.73. The van der Waals surface area contributed by atoms with Crippen LogP contribution in [0.1, 0.15) is 10.9 Å². The predicted octanol–water partition coefficient (Wildman–Crippen LogP) is 1.76. The molecule has 3 nitrogen and oxygen atoms in total. The van der Waals surface area contributed by atoms with E-state index in [0.717, 1.165) is 9.90 Å². The Bertz CT molecular complexity index is 312. The summed E-state index contributed by atoms with van der Waals surface area (Å²) in [6, 6.07) is 1.76. The fraction of sp³-hybridized carbons (Fsp3) is 0.286. The maximum atomic E-state index is 10.8. The summed E-state index contributed by atoms with van der Waals surface area (Å²) in [5.41, 5.74) is 0. The number of urea groups is 1. The van der Waals surface area contributed by atoms with Gasteiger partial charge in [0.15, 0.2) is 0 Å². The molecule has 64 valence electrons. The number of amides is 2. The molecular weight excluding hydrogens is 196 g/mol. The minimum Gasteiger partial charge on any atom is -0.336 e. The van der Waals surface area contributed by atoms with Crippen LogP contribution >= 0.6 is 22.9 Å². The van der Waals surface area contributed by atoms with E-state index in [0.29, 0.717) is 6.54 Å². The second kappa shape index (κ2) is 2.95. The smallest absolute Gasteiger partial charge is 0.315 e. The molecule has 1 saturated heterocycles. The van der Waals surface area contributed by atoms with E-state index in [4.69, 9.17) is 11.6 Å². The van der Waals surface area contributed by atoms with E-state index in [2.05, 4.69) is 10.6 Å². The summed E-state index contributed by atoms with van der Waals surface area (Å²) in [6.45, 7) is 0.624. The van der Waals surface area contributed by atoms with Crippen LogP contribution in [0.5, 0.6) is 0 Å². The molecule has 0 unspecified atom stereocenters. The topological polar surface area (TPSA) is 41.1 Å². The fourth-order valence-corrected chi connectivity index (χ4v) is 2.41. The van der Waals surface area contributed by atoms with Crippen molar-refractivity contribution >= 4 is 29.0 Å². The summed E-state index contributed by atoms with van der Waals surface area (Å²) in [6.07, 6.45) is 0. The van der Waals surface area contributed by atoms with Crippen LogP contribution in [0.4, 0.5) is 4.79 Å². The van der Waals surface area contributed by atoms with E-state index < -0.39 is 0 Å². The summed E-state index contributed by atoms with van der Waals surface area (Å²) in [5, 5.41) is 8.11. The van der Waals surface area contributed by atoms with E-state index in [1.165, 1.54) is 0 Å². The van der Waals surface area contributed by atoms with Crippen LogP contribution in [0.15, 0.2) is 11.4 Å². The Morgan fingerprint density at radius 2 is 2.50 bits per heavy atom. The lowest BCUT2D eigenvalue weighted by molar-refractivity contribution is 0.247. The minimum absolute atomic E-state index is 0.0463. The lowest BCUT2D eigenvalue weighted by atomic mass is 10.2. The van der Waals surface area contributed by atoms with Crippen molar-refractivity contribution in [2.45, 2.75) is 6.04 Å². The molecule has 0 aromatic carbocycles. The summed E-state index contributed by atoms with van der Waals surface area (Å²) in [4.78, 5) is 11.8. The second-order valence-electron chi connectivity index (χ2n) is 2.54. The molecule has 0 aliphatic carbocycles. The highest BCUT2D eigenvalue weighted by Gasteiger charge is 2.24. The van der Waals surface area contributed by atoms with Crippen LogP contribution in [-0.2, 0) is 0 Å². The van der Waals surface area contributed by atoms with E-state index in [-0.39, 0.29) is 12.1 Å². The van der Waals surface area contributed by atoms with Crippen molar-refractivity contribution in [2.75, 3.05) is 6.54 Å². The van der Waals surface area contributed by atoms with Crippen LogP contribution in [0.25, 0.3) is 0 Å². The maximum absolute atomic E-state index is 10.8. The number of nitrogens with one attached hydrogen (secondary N) is 2. The van der Waals surface area contributed by atoms with Crippen molar-refractivity contribution in [2.24, 2.45) is 0 Å². The number of rotatable bonds is 1.